The SMILES string of the molecule is CCSCCC(=O)NC(Cc1ccccc1)C(=O)NC1CC1. The molecule has 1 unspecified atom stereocenters. The number of benzene rings is 1. The maximum absolute atomic E-state index is 12.3. The first-order chi connectivity index (χ1) is 10.7. The molecular formula is C17H24N2O2S. The topological polar surface area (TPSA) is 58.2 Å². The molecule has 5 heteroatoms. The van der Waals surface area contributed by atoms with Crippen molar-refractivity contribution in [3.8, 4) is 0 Å². The summed E-state index contributed by atoms with van der Waals surface area (Å²) in [4.78, 5) is 24.4. The van der Waals surface area contributed by atoms with Crippen LogP contribution in [0.2, 0.25) is 0 Å². The van der Waals surface area contributed by atoms with Gasteiger partial charge in [0.2, 0.25) is 11.8 Å². The number of rotatable bonds is 9. The van der Waals surface area contributed by atoms with Crippen LogP contribution < -0.4 is 10.6 Å². The Labute approximate surface area is 136 Å². The van der Waals surface area contributed by atoms with Crippen molar-refractivity contribution in [3.05, 3.63) is 35.9 Å². The van der Waals surface area contributed by atoms with E-state index in [9.17, 15) is 9.59 Å². The monoisotopic (exact) mass is 320 g/mol. The third-order valence-electron chi connectivity index (χ3n) is 3.54. The molecule has 1 fully saturated rings. The van der Waals surface area contributed by atoms with Crippen LogP contribution in [0, 0.1) is 0 Å². The third-order valence-corrected chi connectivity index (χ3v) is 4.44. The summed E-state index contributed by atoms with van der Waals surface area (Å²) in [6.07, 6.45) is 3.09. The van der Waals surface area contributed by atoms with Gasteiger partial charge in [0.05, 0.1) is 0 Å². The zero-order valence-electron chi connectivity index (χ0n) is 13.0. The first-order valence-corrected chi connectivity index (χ1v) is 9.06. The zero-order chi connectivity index (χ0) is 15.8. The largest absolute Gasteiger partial charge is 0.352 e. The van der Waals surface area contributed by atoms with E-state index in [0.29, 0.717) is 18.9 Å². The van der Waals surface area contributed by atoms with Crippen LogP contribution in [0.4, 0.5) is 0 Å². The minimum atomic E-state index is -0.484. The van der Waals surface area contributed by atoms with Gasteiger partial charge in [0.25, 0.3) is 0 Å². The van der Waals surface area contributed by atoms with Crippen LogP contribution in [0.5, 0.6) is 0 Å². The molecule has 1 aliphatic carbocycles. The van der Waals surface area contributed by atoms with Crippen LogP contribution in [0.25, 0.3) is 0 Å². The first kappa shape index (κ1) is 16.9. The van der Waals surface area contributed by atoms with Gasteiger partial charge in [-0.3, -0.25) is 9.59 Å². The maximum atomic E-state index is 12.3. The number of carbonyl (C=O) groups is 2. The smallest absolute Gasteiger partial charge is 0.243 e. The summed E-state index contributed by atoms with van der Waals surface area (Å²) in [5, 5.41) is 5.88. The highest BCUT2D eigenvalue weighted by atomic mass is 32.2. The fourth-order valence-corrected chi connectivity index (χ4v) is 2.78. The van der Waals surface area contributed by atoms with Gasteiger partial charge in [-0.15, -0.1) is 0 Å². The van der Waals surface area contributed by atoms with Crippen molar-refractivity contribution in [1.82, 2.24) is 10.6 Å². The van der Waals surface area contributed by atoms with E-state index in [2.05, 4.69) is 17.6 Å². The van der Waals surface area contributed by atoms with Crippen molar-refractivity contribution < 1.29 is 9.59 Å². The van der Waals surface area contributed by atoms with E-state index >= 15 is 0 Å². The Bertz CT molecular complexity index is 489. The van der Waals surface area contributed by atoms with E-state index in [4.69, 9.17) is 0 Å². The van der Waals surface area contributed by atoms with Gasteiger partial charge in [-0.25, -0.2) is 0 Å². The second-order valence-corrected chi connectivity index (χ2v) is 6.93. The van der Waals surface area contributed by atoms with Gasteiger partial charge in [0.1, 0.15) is 6.04 Å². The molecule has 0 bridgehead atoms. The Hall–Kier alpha value is -1.49. The third kappa shape index (κ3) is 6.10. The summed E-state index contributed by atoms with van der Waals surface area (Å²) >= 11 is 1.74. The first-order valence-electron chi connectivity index (χ1n) is 7.90. The number of amides is 2. The number of nitrogens with one attached hydrogen (secondary N) is 2. The standard InChI is InChI=1S/C17H24N2O2S/c1-2-22-11-10-16(20)19-15(17(21)18-14-8-9-14)12-13-6-4-3-5-7-13/h3-7,14-15H,2,8-12H2,1H3,(H,18,21)(H,19,20). The highest BCUT2D eigenvalue weighted by Gasteiger charge is 2.28. The highest BCUT2D eigenvalue weighted by molar-refractivity contribution is 7.99. The van der Waals surface area contributed by atoms with Crippen molar-refractivity contribution in [3.63, 3.8) is 0 Å². The van der Waals surface area contributed by atoms with Gasteiger partial charge in [-0.2, -0.15) is 11.8 Å². The molecule has 0 radical (unpaired) electrons. The van der Waals surface area contributed by atoms with Crippen LogP contribution in [0.15, 0.2) is 30.3 Å². The van der Waals surface area contributed by atoms with Gasteiger partial charge in [0.15, 0.2) is 0 Å². The minimum Gasteiger partial charge on any atom is -0.352 e. The molecule has 2 N–H and O–H groups in total. The van der Waals surface area contributed by atoms with Gasteiger partial charge >= 0.3 is 0 Å². The number of hydrogen-bond donors (Lipinski definition) is 2. The van der Waals surface area contributed by atoms with E-state index in [1.807, 2.05) is 30.3 Å². The van der Waals surface area contributed by atoms with E-state index in [1.54, 1.807) is 11.8 Å². The molecule has 1 aliphatic rings. The second-order valence-electron chi connectivity index (χ2n) is 5.54. The van der Waals surface area contributed by atoms with Gasteiger partial charge in [-0.1, -0.05) is 37.3 Å². The van der Waals surface area contributed by atoms with Crippen LogP contribution in [-0.2, 0) is 16.0 Å². The molecular weight excluding hydrogens is 296 g/mol. The molecule has 4 nitrogen and oxygen atoms in total. The molecule has 120 valence electrons. The number of hydrogen-bond acceptors (Lipinski definition) is 3. The fourth-order valence-electron chi connectivity index (χ4n) is 2.16. The lowest BCUT2D eigenvalue weighted by Gasteiger charge is -2.18. The summed E-state index contributed by atoms with van der Waals surface area (Å²) in [5.74, 6) is 1.68. The average molecular weight is 320 g/mol. The molecule has 22 heavy (non-hydrogen) atoms. The molecule has 0 saturated heterocycles. The van der Waals surface area contributed by atoms with Gasteiger partial charge in [0, 0.05) is 24.6 Å². The lowest BCUT2D eigenvalue weighted by molar-refractivity contribution is -0.128. The van der Waals surface area contributed by atoms with Crippen LogP contribution >= 0.6 is 11.8 Å². The van der Waals surface area contributed by atoms with Gasteiger partial charge < -0.3 is 10.6 Å². The van der Waals surface area contributed by atoms with Crippen molar-refractivity contribution in [2.24, 2.45) is 0 Å². The quantitative estimate of drug-likeness (QED) is 0.685. The molecule has 0 heterocycles. The minimum absolute atomic E-state index is 0.0483. The van der Waals surface area contributed by atoms with Crippen LogP contribution in [0.1, 0.15) is 31.7 Å². The molecule has 1 saturated carbocycles. The summed E-state index contributed by atoms with van der Waals surface area (Å²) in [7, 11) is 0. The molecule has 1 aromatic carbocycles. The Kier molecular flexibility index (Phi) is 6.77. The summed E-state index contributed by atoms with van der Waals surface area (Å²) in [5.41, 5.74) is 1.06. The summed E-state index contributed by atoms with van der Waals surface area (Å²) in [6, 6.07) is 9.63. The molecule has 2 rings (SSSR count). The number of thioether (sulfide) groups is 1. The Morgan fingerprint density at radius 2 is 2.00 bits per heavy atom. The number of carbonyl (C=O) groups excluding carboxylic acids is 2. The zero-order valence-corrected chi connectivity index (χ0v) is 13.8. The lowest BCUT2D eigenvalue weighted by Crippen LogP contribution is -2.48. The lowest BCUT2D eigenvalue weighted by atomic mass is 10.1. The van der Waals surface area contributed by atoms with E-state index in [1.165, 1.54) is 0 Å². The molecule has 1 aromatic rings. The summed E-state index contributed by atoms with van der Waals surface area (Å²) < 4.78 is 0. The molecule has 0 spiro atoms. The Balaban J connectivity index is 1.91. The van der Waals surface area contributed by atoms with Crippen molar-refractivity contribution in [1.29, 1.82) is 0 Å². The van der Waals surface area contributed by atoms with Crippen LogP contribution in [-0.4, -0.2) is 35.4 Å². The predicted octanol–water partition coefficient (Wildman–Crippen LogP) is 2.14. The van der Waals surface area contributed by atoms with Crippen LogP contribution in [0.3, 0.4) is 0 Å². The second kappa shape index (κ2) is 8.83. The average Bonchev–Trinajstić information content (AvgIpc) is 3.32. The molecule has 0 aliphatic heterocycles. The normalized spacial score (nSPS) is 15.1. The van der Waals surface area contributed by atoms with Crippen molar-refractivity contribution in [2.45, 2.75) is 44.7 Å². The van der Waals surface area contributed by atoms with E-state index in [-0.39, 0.29) is 11.8 Å². The molecule has 2 amide bonds. The fraction of sp³-hybridized carbons (Fsp3) is 0.529. The van der Waals surface area contributed by atoms with Crippen molar-refractivity contribution >= 4 is 23.6 Å². The predicted molar refractivity (Wildman–Crippen MR) is 90.9 cm³/mol. The van der Waals surface area contributed by atoms with Crippen molar-refractivity contribution in [2.75, 3.05) is 11.5 Å². The Morgan fingerprint density at radius 3 is 2.64 bits per heavy atom. The molecule has 1 atom stereocenters. The van der Waals surface area contributed by atoms with E-state index in [0.717, 1.165) is 29.9 Å². The maximum Gasteiger partial charge on any atom is 0.243 e. The van der Waals surface area contributed by atoms with E-state index < -0.39 is 6.04 Å². The summed E-state index contributed by atoms with van der Waals surface area (Å²) in [6.45, 7) is 2.07. The Morgan fingerprint density at radius 1 is 1.27 bits per heavy atom. The van der Waals surface area contributed by atoms with Gasteiger partial charge in [-0.05, 0) is 24.2 Å². The molecule has 0 aromatic heterocycles. The highest BCUT2D eigenvalue weighted by Crippen LogP contribution is 2.19.